The van der Waals surface area contributed by atoms with Crippen molar-refractivity contribution >= 4 is 0 Å². The number of aryl methyl sites for hydroxylation is 1. The molecule has 2 N–H and O–H groups in total. The van der Waals surface area contributed by atoms with Gasteiger partial charge in [0, 0.05) is 45.0 Å². The summed E-state index contributed by atoms with van der Waals surface area (Å²) in [4.78, 5) is 1.31. The number of rotatable bonds is 6. The van der Waals surface area contributed by atoms with E-state index in [9.17, 15) is 13.2 Å². The van der Waals surface area contributed by atoms with Crippen molar-refractivity contribution < 1.29 is 13.2 Å². The van der Waals surface area contributed by atoms with Gasteiger partial charge < -0.3 is 5.73 Å². The number of halogens is 3. The lowest BCUT2D eigenvalue weighted by atomic mass is 10.3. The molecule has 0 radical (unpaired) electrons. The number of nitrogens with two attached hydrogens (primary N) is 1. The van der Waals surface area contributed by atoms with Crippen molar-refractivity contribution in [3.8, 4) is 0 Å². The Morgan fingerprint density at radius 3 is 2.59 bits per heavy atom. The van der Waals surface area contributed by atoms with E-state index >= 15 is 0 Å². The van der Waals surface area contributed by atoms with Crippen molar-refractivity contribution in [3.63, 3.8) is 0 Å². The Morgan fingerprint density at radius 2 is 2.12 bits per heavy atom. The molecular formula is C10H17F3N4. The molecule has 17 heavy (non-hydrogen) atoms. The summed E-state index contributed by atoms with van der Waals surface area (Å²) in [5.74, 6) is 0. The molecule has 98 valence electrons. The molecule has 1 heterocycles. The maximum atomic E-state index is 12.3. The minimum absolute atomic E-state index is 0.224. The Bertz CT molecular complexity index is 335. The summed E-state index contributed by atoms with van der Waals surface area (Å²) in [7, 11) is 1.77. The molecule has 1 aromatic rings. The first kappa shape index (κ1) is 14.0. The van der Waals surface area contributed by atoms with Gasteiger partial charge in [-0.25, -0.2) is 0 Å². The Labute approximate surface area is 98.2 Å². The van der Waals surface area contributed by atoms with Crippen LogP contribution in [-0.4, -0.2) is 47.0 Å². The van der Waals surface area contributed by atoms with E-state index < -0.39 is 12.7 Å². The molecule has 0 aromatic carbocycles. The fourth-order valence-corrected chi connectivity index (χ4v) is 1.63. The third-order valence-electron chi connectivity index (χ3n) is 2.45. The Morgan fingerprint density at radius 1 is 1.41 bits per heavy atom. The second-order valence-corrected chi connectivity index (χ2v) is 3.88. The van der Waals surface area contributed by atoms with Gasteiger partial charge in [0.1, 0.15) is 0 Å². The normalized spacial score (nSPS) is 12.4. The van der Waals surface area contributed by atoms with Crippen molar-refractivity contribution in [2.75, 3.05) is 26.2 Å². The lowest BCUT2D eigenvalue weighted by molar-refractivity contribution is -0.145. The first-order valence-electron chi connectivity index (χ1n) is 5.38. The number of aromatic nitrogens is 2. The fraction of sp³-hybridized carbons (Fsp3) is 0.700. The number of alkyl halides is 3. The molecule has 0 aliphatic carbocycles. The van der Waals surface area contributed by atoms with E-state index in [4.69, 9.17) is 5.73 Å². The summed E-state index contributed by atoms with van der Waals surface area (Å²) < 4.78 is 38.5. The highest BCUT2D eigenvalue weighted by molar-refractivity contribution is 5.00. The van der Waals surface area contributed by atoms with Gasteiger partial charge in [0.05, 0.1) is 6.54 Å². The molecule has 7 heteroatoms. The zero-order chi connectivity index (χ0) is 12.9. The lowest BCUT2D eigenvalue weighted by Gasteiger charge is -2.22. The van der Waals surface area contributed by atoms with Crippen LogP contribution in [0.2, 0.25) is 0 Å². The van der Waals surface area contributed by atoms with Crippen molar-refractivity contribution in [1.29, 1.82) is 0 Å². The molecule has 0 bridgehead atoms. The highest BCUT2D eigenvalue weighted by Crippen LogP contribution is 2.16. The molecule has 4 nitrogen and oxygen atoms in total. The quantitative estimate of drug-likeness (QED) is 0.812. The van der Waals surface area contributed by atoms with Gasteiger partial charge in [-0.2, -0.15) is 18.3 Å². The van der Waals surface area contributed by atoms with Crippen LogP contribution in [0.1, 0.15) is 5.69 Å². The zero-order valence-electron chi connectivity index (χ0n) is 9.74. The van der Waals surface area contributed by atoms with Gasteiger partial charge in [-0.05, 0) is 6.07 Å². The topological polar surface area (TPSA) is 47.1 Å². The van der Waals surface area contributed by atoms with Crippen LogP contribution in [0, 0.1) is 0 Å². The summed E-state index contributed by atoms with van der Waals surface area (Å²) in [6, 6.07) is 1.80. The Kier molecular flexibility index (Phi) is 4.95. The molecule has 1 aromatic heterocycles. The van der Waals surface area contributed by atoms with Crippen molar-refractivity contribution in [2.24, 2.45) is 12.8 Å². The first-order chi connectivity index (χ1) is 7.92. The standard InChI is InChI=1S/C10H17F3N4/c1-16-9(2-5-15-16)3-6-17(7-4-14)8-10(11,12)13/h2,5H,3-4,6-8,14H2,1H3. The first-order valence-corrected chi connectivity index (χ1v) is 5.38. The van der Waals surface area contributed by atoms with Gasteiger partial charge in [-0.3, -0.25) is 9.58 Å². The van der Waals surface area contributed by atoms with Crippen molar-refractivity contribution in [1.82, 2.24) is 14.7 Å². The SMILES string of the molecule is Cn1nccc1CCN(CCN)CC(F)(F)F. The summed E-state index contributed by atoms with van der Waals surface area (Å²) in [6.07, 6.45) is -2.01. The van der Waals surface area contributed by atoms with E-state index in [-0.39, 0.29) is 13.1 Å². The molecule has 0 unspecified atom stereocenters. The average Bonchev–Trinajstić information content (AvgIpc) is 2.59. The zero-order valence-corrected chi connectivity index (χ0v) is 9.74. The fourth-order valence-electron chi connectivity index (χ4n) is 1.63. The maximum Gasteiger partial charge on any atom is 0.401 e. The average molecular weight is 250 g/mol. The van der Waals surface area contributed by atoms with E-state index in [1.54, 1.807) is 24.0 Å². The highest BCUT2D eigenvalue weighted by Gasteiger charge is 2.30. The molecular weight excluding hydrogens is 233 g/mol. The van der Waals surface area contributed by atoms with Crippen LogP contribution in [0.15, 0.2) is 12.3 Å². The smallest absolute Gasteiger partial charge is 0.329 e. The molecule has 0 amide bonds. The van der Waals surface area contributed by atoms with Gasteiger partial charge in [-0.1, -0.05) is 0 Å². The predicted octanol–water partition coefficient (Wildman–Crippen LogP) is 0.786. The molecule has 0 saturated carbocycles. The second-order valence-electron chi connectivity index (χ2n) is 3.88. The van der Waals surface area contributed by atoms with Gasteiger partial charge >= 0.3 is 6.18 Å². The summed E-state index contributed by atoms with van der Waals surface area (Å²) >= 11 is 0. The van der Waals surface area contributed by atoms with Gasteiger partial charge in [0.2, 0.25) is 0 Å². The number of hydrogen-bond donors (Lipinski definition) is 1. The maximum absolute atomic E-state index is 12.3. The molecule has 0 fully saturated rings. The van der Waals surface area contributed by atoms with Gasteiger partial charge in [0.25, 0.3) is 0 Å². The summed E-state index contributed by atoms with van der Waals surface area (Å²) in [5.41, 5.74) is 6.21. The molecule has 0 aliphatic heterocycles. The lowest BCUT2D eigenvalue weighted by Crippen LogP contribution is -2.38. The molecule has 0 spiro atoms. The summed E-state index contributed by atoms with van der Waals surface area (Å²) in [5, 5.41) is 3.97. The molecule has 1 rings (SSSR count). The van der Waals surface area contributed by atoms with Gasteiger partial charge in [0.15, 0.2) is 0 Å². The third-order valence-corrected chi connectivity index (χ3v) is 2.45. The second kappa shape index (κ2) is 6.02. The summed E-state index contributed by atoms with van der Waals surface area (Å²) in [6.45, 7) is -0.114. The minimum Gasteiger partial charge on any atom is -0.329 e. The van der Waals surface area contributed by atoms with Crippen LogP contribution in [0.4, 0.5) is 13.2 Å². The van der Waals surface area contributed by atoms with Crippen molar-refractivity contribution in [2.45, 2.75) is 12.6 Å². The van der Waals surface area contributed by atoms with Crippen molar-refractivity contribution in [3.05, 3.63) is 18.0 Å². The van der Waals surface area contributed by atoms with Crippen LogP contribution >= 0.6 is 0 Å². The van der Waals surface area contributed by atoms with Crippen LogP contribution in [0.3, 0.4) is 0 Å². The highest BCUT2D eigenvalue weighted by atomic mass is 19.4. The van der Waals surface area contributed by atoms with Crippen LogP contribution < -0.4 is 5.73 Å². The monoisotopic (exact) mass is 250 g/mol. The van der Waals surface area contributed by atoms with E-state index in [0.29, 0.717) is 13.0 Å². The minimum atomic E-state index is -4.18. The van der Waals surface area contributed by atoms with E-state index in [2.05, 4.69) is 5.10 Å². The van der Waals surface area contributed by atoms with Gasteiger partial charge in [-0.15, -0.1) is 0 Å². The van der Waals surface area contributed by atoms with Crippen LogP contribution in [0.5, 0.6) is 0 Å². The Balaban J connectivity index is 2.47. The molecule has 0 aliphatic rings. The van der Waals surface area contributed by atoms with E-state index in [0.717, 1.165) is 5.69 Å². The largest absolute Gasteiger partial charge is 0.401 e. The third kappa shape index (κ3) is 5.18. The Hall–Kier alpha value is -1.08. The molecule has 0 saturated heterocycles. The van der Waals surface area contributed by atoms with Crippen LogP contribution in [-0.2, 0) is 13.5 Å². The van der Waals surface area contributed by atoms with E-state index in [1.807, 2.05) is 0 Å². The van der Waals surface area contributed by atoms with Crippen LogP contribution in [0.25, 0.3) is 0 Å². The number of nitrogens with zero attached hydrogens (tertiary/aromatic N) is 3. The predicted molar refractivity (Wildman–Crippen MR) is 58.5 cm³/mol. The number of hydrogen-bond acceptors (Lipinski definition) is 3. The molecule has 0 atom stereocenters. The van der Waals surface area contributed by atoms with E-state index in [1.165, 1.54) is 4.90 Å².